The monoisotopic (exact) mass is 322 g/mol. The normalized spacial score (nSPS) is 10.0. The zero-order valence-electron chi connectivity index (χ0n) is 12.4. The average molecular weight is 322 g/mol. The van der Waals surface area contributed by atoms with Gasteiger partial charge < -0.3 is 20.1 Å². The van der Waals surface area contributed by atoms with Gasteiger partial charge in [-0.05, 0) is 24.3 Å². The molecule has 0 aliphatic carbocycles. The molecule has 0 saturated carbocycles. The van der Waals surface area contributed by atoms with Crippen LogP contribution in [0.15, 0.2) is 42.5 Å². The third-order valence-corrected chi connectivity index (χ3v) is 2.90. The minimum atomic E-state index is -0.840. The predicted octanol–water partition coefficient (Wildman–Crippen LogP) is 3.17. The first kappa shape index (κ1) is 16.5. The third-order valence-electron chi connectivity index (χ3n) is 2.90. The molecule has 0 fully saturated rings. The van der Waals surface area contributed by atoms with E-state index >= 15 is 0 Å². The van der Waals surface area contributed by atoms with Crippen molar-refractivity contribution in [1.29, 1.82) is 0 Å². The molecule has 5 nitrogen and oxygen atoms in total. The lowest BCUT2D eigenvalue weighted by atomic mass is 10.3. The summed E-state index contributed by atoms with van der Waals surface area (Å²) in [6.45, 7) is 0.361. The molecule has 0 bridgehead atoms. The maximum absolute atomic E-state index is 13.4. The van der Waals surface area contributed by atoms with Crippen LogP contribution >= 0.6 is 0 Å². The van der Waals surface area contributed by atoms with Crippen molar-refractivity contribution >= 4 is 11.7 Å². The van der Waals surface area contributed by atoms with Gasteiger partial charge in [0.1, 0.15) is 35.4 Å². The van der Waals surface area contributed by atoms with Crippen LogP contribution in [0.3, 0.4) is 0 Å². The highest BCUT2D eigenvalue weighted by atomic mass is 19.1. The molecule has 2 aromatic carbocycles. The van der Waals surface area contributed by atoms with E-state index in [1.54, 1.807) is 31.4 Å². The van der Waals surface area contributed by atoms with Crippen molar-refractivity contribution in [3.63, 3.8) is 0 Å². The molecule has 0 saturated heterocycles. The molecule has 2 N–H and O–H groups in total. The minimum absolute atomic E-state index is 0.166. The van der Waals surface area contributed by atoms with E-state index in [2.05, 4.69) is 10.6 Å². The highest BCUT2D eigenvalue weighted by Crippen LogP contribution is 2.19. The zero-order valence-corrected chi connectivity index (χ0v) is 12.4. The van der Waals surface area contributed by atoms with Crippen LogP contribution in [-0.4, -0.2) is 26.3 Å². The number of amides is 2. The van der Waals surface area contributed by atoms with E-state index < -0.39 is 23.4 Å². The van der Waals surface area contributed by atoms with Crippen molar-refractivity contribution < 1.29 is 23.0 Å². The fraction of sp³-hybridized carbons (Fsp3) is 0.188. The Kier molecular flexibility index (Phi) is 5.74. The van der Waals surface area contributed by atoms with E-state index in [9.17, 15) is 13.6 Å². The van der Waals surface area contributed by atoms with Gasteiger partial charge in [-0.2, -0.15) is 0 Å². The molecule has 0 heterocycles. The number of hydrogen-bond acceptors (Lipinski definition) is 3. The number of hydrogen-bond donors (Lipinski definition) is 2. The number of rotatable bonds is 6. The van der Waals surface area contributed by atoms with Crippen molar-refractivity contribution in [2.75, 3.05) is 25.6 Å². The summed E-state index contributed by atoms with van der Waals surface area (Å²) < 4.78 is 37.2. The third kappa shape index (κ3) is 4.84. The van der Waals surface area contributed by atoms with Crippen LogP contribution in [0.5, 0.6) is 11.5 Å². The topological polar surface area (TPSA) is 59.6 Å². The number of methoxy groups -OCH3 is 1. The molecule has 2 amide bonds. The van der Waals surface area contributed by atoms with E-state index in [4.69, 9.17) is 9.47 Å². The molecule has 0 aromatic heterocycles. The van der Waals surface area contributed by atoms with Crippen LogP contribution in [0.4, 0.5) is 19.3 Å². The first-order valence-corrected chi connectivity index (χ1v) is 6.86. The molecule has 0 unspecified atom stereocenters. The number of halogens is 2. The summed E-state index contributed by atoms with van der Waals surface area (Å²) in [4.78, 5) is 11.6. The van der Waals surface area contributed by atoms with Crippen LogP contribution in [0, 0.1) is 11.6 Å². The van der Waals surface area contributed by atoms with Crippen LogP contribution in [0.2, 0.25) is 0 Å². The van der Waals surface area contributed by atoms with Gasteiger partial charge in [0.15, 0.2) is 0 Å². The van der Waals surface area contributed by atoms with Crippen LogP contribution in [-0.2, 0) is 0 Å². The maximum Gasteiger partial charge on any atom is 0.319 e. The van der Waals surface area contributed by atoms with Crippen molar-refractivity contribution in [1.82, 2.24) is 5.32 Å². The lowest BCUT2D eigenvalue weighted by Gasteiger charge is -2.10. The largest absolute Gasteiger partial charge is 0.497 e. The Morgan fingerprint density at radius 2 is 1.74 bits per heavy atom. The van der Waals surface area contributed by atoms with Gasteiger partial charge in [0.05, 0.1) is 13.7 Å². The summed E-state index contributed by atoms with van der Waals surface area (Å²) in [6.07, 6.45) is 0. The first-order chi connectivity index (χ1) is 11.1. The van der Waals surface area contributed by atoms with Gasteiger partial charge in [-0.1, -0.05) is 12.1 Å². The molecule has 23 heavy (non-hydrogen) atoms. The average Bonchev–Trinajstić information content (AvgIpc) is 2.55. The molecule has 0 radical (unpaired) electrons. The van der Waals surface area contributed by atoms with E-state index in [0.717, 1.165) is 12.1 Å². The van der Waals surface area contributed by atoms with E-state index in [0.29, 0.717) is 11.5 Å². The molecule has 0 aliphatic rings. The van der Waals surface area contributed by atoms with Gasteiger partial charge in [-0.15, -0.1) is 0 Å². The molecule has 122 valence electrons. The van der Waals surface area contributed by atoms with Gasteiger partial charge in [0.2, 0.25) is 0 Å². The molecule has 0 spiro atoms. The quantitative estimate of drug-likeness (QED) is 0.803. The summed E-state index contributed by atoms with van der Waals surface area (Å²) in [5.41, 5.74) is -0.487. The number of urea groups is 1. The summed E-state index contributed by atoms with van der Waals surface area (Å²) >= 11 is 0. The van der Waals surface area contributed by atoms with E-state index in [-0.39, 0.29) is 13.2 Å². The Hall–Kier alpha value is -2.83. The second-order valence-electron chi connectivity index (χ2n) is 4.51. The highest BCUT2D eigenvalue weighted by molar-refractivity contribution is 5.89. The number of carbonyl (C=O) groups is 1. The van der Waals surface area contributed by atoms with Gasteiger partial charge >= 0.3 is 6.03 Å². The van der Waals surface area contributed by atoms with E-state index in [1.807, 2.05) is 0 Å². The Balaban J connectivity index is 1.76. The number of nitrogens with one attached hydrogen (secondary N) is 2. The standard InChI is InChI=1S/C16H16F2N2O3/c1-22-11-4-2-5-12(10-11)23-9-8-19-16(21)20-15-13(17)6-3-7-14(15)18/h2-7,10H,8-9H2,1H3,(H2,19,20,21). The number of carbonyl (C=O) groups excluding carboxylic acids is 1. The first-order valence-electron chi connectivity index (χ1n) is 6.86. The Morgan fingerprint density at radius 1 is 1.09 bits per heavy atom. The van der Waals surface area contributed by atoms with Crippen molar-refractivity contribution in [2.45, 2.75) is 0 Å². The molecule has 2 aromatic rings. The van der Waals surface area contributed by atoms with Crippen molar-refractivity contribution in [3.8, 4) is 11.5 Å². The zero-order chi connectivity index (χ0) is 16.7. The van der Waals surface area contributed by atoms with Gasteiger partial charge in [-0.25, -0.2) is 13.6 Å². The van der Waals surface area contributed by atoms with Crippen LogP contribution in [0.1, 0.15) is 0 Å². The second kappa shape index (κ2) is 7.98. The molecule has 0 atom stereocenters. The summed E-state index contributed by atoms with van der Waals surface area (Å²) in [7, 11) is 1.55. The Labute approximate surface area is 132 Å². The van der Waals surface area contributed by atoms with E-state index in [1.165, 1.54) is 6.07 Å². The van der Waals surface area contributed by atoms with Crippen molar-refractivity contribution in [2.24, 2.45) is 0 Å². The summed E-state index contributed by atoms with van der Waals surface area (Å²) in [5, 5.41) is 4.56. The smallest absolute Gasteiger partial charge is 0.319 e. The van der Waals surface area contributed by atoms with Gasteiger partial charge in [0.25, 0.3) is 0 Å². The van der Waals surface area contributed by atoms with Crippen molar-refractivity contribution in [3.05, 3.63) is 54.1 Å². The van der Waals surface area contributed by atoms with Gasteiger partial charge in [0, 0.05) is 6.07 Å². The lowest BCUT2D eigenvalue weighted by Crippen LogP contribution is -2.32. The number of benzene rings is 2. The lowest BCUT2D eigenvalue weighted by molar-refractivity contribution is 0.247. The van der Waals surface area contributed by atoms with Crippen LogP contribution in [0.25, 0.3) is 0 Å². The van der Waals surface area contributed by atoms with Crippen LogP contribution < -0.4 is 20.1 Å². The Morgan fingerprint density at radius 3 is 2.43 bits per heavy atom. The number of para-hydroxylation sites is 1. The highest BCUT2D eigenvalue weighted by Gasteiger charge is 2.11. The Bertz CT molecular complexity index is 660. The number of ether oxygens (including phenoxy) is 2. The molecule has 7 heteroatoms. The number of anilines is 1. The fourth-order valence-electron chi connectivity index (χ4n) is 1.80. The fourth-order valence-corrected chi connectivity index (χ4v) is 1.80. The SMILES string of the molecule is COc1cccc(OCCNC(=O)Nc2c(F)cccc2F)c1. The van der Waals surface area contributed by atoms with Gasteiger partial charge in [-0.3, -0.25) is 0 Å². The molecular weight excluding hydrogens is 306 g/mol. The molecule has 0 aliphatic heterocycles. The maximum atomic E-state index is 13.4. The minimum Gasteiger partial charge on any atom is -0.497 e. The second-order valence-corrected chi connectivity index (χ2v) is 4.51. The summed E-state index contributed by atoms with van der Waals surface area (Å²) in [6, 6.07) is 9.62. The molecule has 2 rings (SSSR count). The predicted molar refractivity (Wildman–Crippen MR) is 81.9 cm³/mol. The molecular formula is C16H16F2N2O3. The summed E-state index contributed by atoms with van der Waals surface area (Å²) in [5.74, 6) is -0.435.